The number of halogens is 1. The Morgan fingerprint density at radius 1 is 1.19 bits per heavy atom. The Labute approximate surface area is 209 Å². The fraction of sp³-hybridized carbons (Fsp3) is 0.857. The molecule has 4 saturated carbocycles. The van der Waals surface area contributed by atoms with E-state index in [0.717, 1.165) is 48.0 Å². The third kappa shape index (κ3) is 3.68. The largest absolute Gasteiger partial charge is 0.271 e. The van der Waals surface area contributed by atoms with Crippen LogP contribution in [0, 0.1) is 64.1 Å². The normalized spacial score (nSPS) is 46.9. The lowest BCUT2D eigenvalue weighted by atomic mass is 9.42. The first-order valence-electron chi connectivity index (χ1n) is 13.4. The minimum absolute atomic E-state index is 0.439. The summed E-state index contributed by atoms with van der Waals surface area (Å²) in [4.78, 5) is 0. The van der Waals surface area contributed by atoms with E-state index in [2.05, 4.69) is 61.5 Å². The molecule has 1 aromatic rings. The van der Waals surface area contributed by atoms with E-state index in [1.165, 1.54) is 57.8 Å². The van der Waals surface area contributed by atoms with Gasteiger partial charge in [-0.05, 0) is 97.7 Å². The third-order valence-corrected chi connectivity index (χ3v) is 12.8. The summed E-state index contributed by atoms with van der Waals surface area (Å²) in [5.74, 6) is 6.97. The topological polar surface area (TPSA) is 41.6 Å². The van der Waals surface area contributed by atoms with Crippen molar-refractivity contribution in [2.75, 3.05) is 0 Å². The maximum absolute atomic E-state index is 9.19. The van der Waals surface area contributed by atoms with Crippen LogP contribution in [0.1, 0.15) is 91.0 Å². The predicted molar refractivity (Wildman–Crippen MR) is 138 cm³/mol. The maximum atomic E-state index is 9.19. The lowest BCUT2D eigenvalue weighted by Crippen LogP contribution is -2.63. The molecule has 0 saturated heterocycles. The molecule has 0 amide bonds. The molecule has 4 aliphatic carbocycles. The van der Waals surface area contributed by atoms with Gasteiger partial charge >= 0.3 is 0 Å². The van der Waals surface area contributed by atoms with Crippen molar-refractivity contribution in [2.45, 2.75) is 95.4 Å². The summed E-state index contributed by atoms with van der Waals surface area (Å²) < 4.78 is 2.53. The van der Waals surface area contributed by atoms with Crippen LogP contribution in [-0.4, -0.2) is 13.2 Å². The van der Waals surface area contributed by atoms with Gasteiger partial charge in [-0.25, -0.2) is 0 Å². The second-order valence-electron chi connectivity index (χ2n) is 12.6. The second-order valence-corrected chi connectivity index (χ2v) is 14.6. The van der Waals surface area contributed by atoms with Gasteiger partial charge in [0.25, 0.3) is 0 Å². The van der Waals surface area contributed by atoms with E-state index in [0.29, 0.717) is 20.3 Å². The van der Waals surface area contributed by atoms with Crippen LogP contribution in [0.3, 0.4) is 0 Å². The molecular weight excluding hydrogens is 505 g/mol. The highest BCUT2D eigenvalue weighted by Crippen LogP contribution is 2.69. The number of hydrogen-bond acceptors (Lipinski definition) is 2. The summed E-state index contributed by atoms with van der Waals surface area (Å²) in [6.07, 6.45) is 16.7. The van der Waals surface area contributed by atoms with Crippen LogP contribution in [-0.2, 0) is 6.54 Å². The summed E-state index contributed by atoms with van der Waals surface area (Å²) in [6.45, 7) is 11.2. The van der Waals surface area contributed by atoms with Gasteiger partial charge in [-0.2, -0.15) is 10.4 Å². The molecule has 176 valence electrons. The predicted octanol–water partition coefficient (Wildman–Crippen LogP) is 7.49. The Balaban J connectivity index is 1.41. The molecule has 4 heteroatoms. The molecule has 1 heterocycles. The van der Waals surface area contributed by atoms with E-state index in [9.17, 15) is 5.26 Å². The van der Waals surface area contributed by atoms with Gasteiger partial charge in [0.15, 0.2) is 0 Å². The van der Waals surface area contributed by atoms with Crippen LogP contribution < -0.4 is 0 Å². The van der Waals surface area contributed by atoms with Gasteiger partial charge in [0, 0.05) is 16.2 Å². The molecule has 1 unspecified atom stereocenters. The molecule has 4 aliphatic rings. The van der Waals surface area contributed by atoms with Gasteiger partial charge in [-0.15, -0.1) is 0 Å². The lowest BCUT2D eigenvalue weighted by molar-refractivity contribution is -0.120. The number of nitrogens with zero attached hydrogens (tertiary/aromatic N) is 3. The smallest absolute Gasteiger partial charge is 0.102 e. The van der Waals surface area contributed by atoms with E-state index in [1.807, 2.05) is 10.9 Å². The molecule has 5 rings (SSSR count). The van der Waals surface area contributed by atoms with Crippen molar-refractivity contribution in [3.05, 3.63) is 18.0 Å². The minimum atomic E-state index is 0.439. The van der Waals surface area contributed by atoms with E-state index in [1.54, 1.807) is 6.20 Å². The average molecular weight is 548 g/mol. The van der Waals surface area contributed by atoms with Crippen LogP contribution in [0.4, 0.5) is 0 Å². The van der Waals surface area contributed by atoms with Crippen molar-refractivity contribution in [3.8, 4) is 6.07 Å². The first-order chi connectivity index (χ1) is 15.3. The van der Waals surface area contributed by atoms with Gasteiger partial charge in [0.2, 0.25) is 0 Å². The molecule has 3 nitrogen and oxygen atoms in total. The number of hydrogen-bond donors (Lipinski definition) is 0. The summed E-state index contributed by atoms with van der Waals surface area (Å²) in [5, 5.41) is 13.7. The fourth-order valence-corrected chi connectivity index (χ4v) is 12.1. The number of fused-ring (bicyclic) bond motifs is 5. The zero-order valence-electron chi connectivity index (χ0n) is 20.6. The Kier molecular flexibility index (Phi) is 6.22. The number of alkyl halides is 1. The summed E-state index contributed by atoms with van der Waals surface area (Å²) in [6, 6.07) is 2.24. The highest BCUT2D eigenvalue weighted by molar-refractivity contribution is 14.1. The van der Waals surface area contributed by atoms with Crippen molar-refractivity contribution in [1.29, 1.82) is 5.26 Å². The molecule has 0 N–H and O–H groups in total. The molecule has 10 atom stereocenters. The average Bonchev–Trinajstić information content (AvgIpc) is 3.20. The van der Waals surface area contributed by atoms with E-state index in [-0.39, 0.29) is 0 Å². The molecular formula is C28H42IN3. The highest BCUT2D eigenvalue weighted by Gasteiger charge is 2.63. The van der Waals surface area contributed by atoms with Crippen LogP contribution in [0.15, 0.2) is 12.4 Å². The zero-order chi connectivity index (χ0) is 22.7. The summed E-state index contributed by atoms with van der Waals surface area (Å²) in [7, 11) is 0. The summed E-state index contributed by atoms with van der Waals surface area (Å²) >= 11 is 3.03. The van der Waals surface area contributed by atoms with E-state index >= 15 is 0 Å². The zero-order valence-corrected chi connectivity index (χ0v) is 22.7. The first-order valence-corrected chi connectivity index (χ1v) is 14.5. The molecule has 32 heavy (non-hydrogen) atoms. The SMILES string of the molecule is C[C@H]1CC[C@H]2[C@H](CC[C@]3(I)[C@@H]2CC[C@]2(C)C([C@@H](C)Cn4cc(C#N)cn4)CC[C@@H](C)[C@@H]32)C1. The van der Waals surface area contributed by atoms with Crippen LogP contribution in [0.25, 0.3) is 0 Å². The van der Waals surface area contributed by atoms with Crippen molar-refractivity contribution < 1.29 is 0 Å². The van der Waals surface area contributed by atoms with Gasteiger partial charge in [-0.1, -0.05) is 63.1 Å². The Bertz CT molecular complexity index is 872. The molecule has 0 spiro atoms. The monoisotopic (exact) mass is 547 g/mol. The fourth-order valence-electron chi connectivity index (χ4n) is 9.70. The maximum Gasteiger partial charge on any atom is 0.102 e. The number of rotatable bonds is 3. The minimum Gasteiger partial charge on any atom is -0.271 e. The Hall–Kier alpha value is -0.570. The Morgan fingerprint density at radius 2 is 2.00 bits per heavy atom. The van der Waals surface area contributed by atoms with Crippen molar-refractivity contribution in [2.24, 2.45) is 52.8 Å². The Morgan fingerprint density at radius 3 is 2.75 bits per heavy atom. The molecule has 4 fully saturated rings. The van der Waals surface area contributed by atoms with Crippen LogP contribution >= 0.6 is 22.6 Å². The summed E-state index contributed by atoms with van der Waals surface area (Å²) in [5.41, 5.74) is 1.12. The number of nitriles is 1. The highest BCUT2D eigenvalue weighted by atomic mass is 127. The van der Waals surface area contributed by atoms with Crippen LogP contribution in [0.2, 0.25) is 0 Å². The molecule has 0 aliphatic heterocycles. The number of aromatic nitrogens is 2. The van der Waals surface area contributed by atoms with Crippen LogP contribution in [0.5, 0.6) is 0 Å². The van der Waals surface area contributed by atoms with Crippen molar-refractivity contribution >= 4 is 22.6 Å². The van der Waals surface area contributed by atoms with E-state index in [4.69, 9.17) is 0 Å². The van der Waals surface area contributed by atoms with Gasteiger partial charge in [-0.3, -0.25) is 4.68 Å². The molecule has 0 bridgehead atoms. The molecule has 0 aromatic carbocycles. The van der Waals surface area contributed by atoms with Crippen molar-refractivity contribution in [1.82, 2.24) is 9.78 Å². The standard InChI is InChI=1S/C28H42IN3/c1-18-5-7-23-22(13-18)9-12-28(29)25(23)10-11-27(4)24(8-6-19(2)26(27)28)20(3)16-32-17-21(14-30)15-31-32/h15,17-20,22-26H,5-13,16H2,1-4H3/t18-,19+,20-,22+,23-,24?,25+,26+,27+,28-/m0/s1. The van der Waals surface area contributed by atoms with Gasteiger partial charge in [0.1, 0.15) is 6.07 Å². The quantitative estimate of drug-likeness (QED) is 0.291. The van der Waals surface area contributed by atoms with Crippen molar-refractivity contribution in [3.63, 3.8) is 0 Å². The van der Waals surface area contributed by atoms with E-state index < -0.39 is 0 Å². The lowest BCUT2D eigenvalue weighted by Gasteiger charge is -2.66. The third-order valence-electron chi connectivity index (χ3n) is 10.8. The van der Waals surface area contributed by atoms with Gasteiger partial charge in [0.05, 0.1) is 11.8 Å². The first kappa shape index (κ1) is 23.2. The molecule has 1 aromatic heterocycles. The molecule has 0 radical (unpaired) electrons. The second kappa shape index (κ2) is 8.58. The van der Waals surface area contributed by atoms with Gasteiger partial charge < -0.3 is 0 Å².